The summed E-state index contributed by atoms with van der Waals surface area (Å²) in [5, 5.41) is 14.5. The van der Waals surface area contributed by atoms with E-state index in [1.807, 2.05) is 26.0 Å². The van der Waals surface area contributed by atoms with Crippen molar-refractivity contribution >= 4 is 23.1 Å². The molecular formula is C15H17N3O2S. The highest BCUT2D eigenvalue weighted by molar-refractivity contribution is 7.12. The molecule has 0 aliphatic heterocycles. The van der Waals surface area contributed by atoms with Crippen molar-refractivity contribution in [2.75, 3.05) is 0 Å². The number of thiophene rings is 1. The van der Waals surface area contributed by atoms with E-state index in [9.17, 15) is 4.79 Å². The molecular weight excluding hydrogens is 286 g/mol. The summed E-state index contributed by atoms with van der Waals surface area (Å²) in [4.78, 5) is 14.5. The Morgan fingerprint density at radius 3 is 2.38 bits per heavy atom. The summed E-state index contributed by atoms with van der Waals surface area (Å²) in [5.74, 6) is -0.135. The van der Waals surface area contributed by atoms with Gasteiger partial charge in [0, 0.05) is 20.9 Å². The SMILES string of the molecule is Cc1ccc(C(C)NC(=O)c2ccc(C(N)=NO)cc2)s1. The Morgan fingerprint density at radius 2 is 1.86 bits per heavy atom. The summed E-state index contributed by atoms with van der Waals surface area (Å²) < 4.78 is 0. The molecule has 1 aromatic carbocycles. The van der Waals surface area contributed by atoms with Crippen LogP contribution in [-0.4, -0.2) is 17.0 Å². The molecule has 1 aromatic heterocycles. The third-order valence-corrected chi connectivity index (χ3v) is 4.27. The average molecular weight is 303 g/mol. The summed E-state index contributed by atoms with van der Waals surface area (Å²) >= 11 is 1.67. The average Bonchev–Trinajstić information content (AvgIpc) is 2.93. The number of benzene rings is 1. The van der Waals surface area contributed by atoms with Gasteiger partial charge in [0.05, 0.1) is 6.04 Å². The van der Waals surface area contributed by atoms with Gasteiger partial charge in [-0.25, -0.2) is 0 Å². The molecule has 0 saturated carbocycles. The van der Waals surface area contributed by atoms with E-state index in [-0.39, 0.29) is 17.8 Å². The smallest absolute Gasteiger partial charge is 0.251 e. The Hall–Kier alpha value is -2.34. The minimum Gasteiger partial charge on any atom is -0.409 e. The van der Waals surface area contributed by atoms with Crippen molar-refractivity contribution in [3.05, 3.63) is 57.3 Å². The number of nitrogens with zero attached hydrogens (tertiary/aromatic N) is 1. The number of rotatable bonds is 4. The molecule has 0 spiro atoms. The summed E-state index contributed by atoms with van der Waals surface area (Å²) in [6, 6.07) is 10.6. The predicted molar refractivity (Wildman–Crippen MR) is 83.9 cm³/mol. The van der Waals surface area contributed by atoms with E-state index in [2.05, 4.69) is 10.5 Å². The molecule has 21 heavy (non-hydrogen) atoms. The minimum atomic E-state index is -0.153. The fourth-order valence-corrected chi connectivity index (χ4v) is 2.77. The van der Waals surface area contributed by atoms with Gasteiger partial charge >= 0.3 is 0 Å². The topological polar surface area (TPSA) is 87.7 Å². The molecule has 0 aliphatic rings. The van der Waals surface area contributed by atoms with E-state index < -0.39 is 0 Å². The number of hydrogen-bond acceptors (Lipinski definition) is 4. The Balaban J connectivity index is 2.06. The molecule has 0 bridgehead atoms. The summed E-state index contributed by atoms with van der Waals surface area (Å²) in [6.45, 7) is 3.99. The van der Waals surface area contributed by atoms with Gasteiger partial charge in [0.2, 0.25) is 0 Å². The van der Waals surface area contributed by atoms with Crippen LogP contribution in [0.15, 0.2) is 41.6 Å². The van der Waals surface area contributed by atoms with E-state index in [1.54, 1.807) is 35.6 Å². The normalized spacial score (nSPS) is 13.0. The number of amidine groups is 1. The Bertz CT molecular complexity index is 662. The number of hydrogen-bond donors (Lipinski definition) is 3. The van der Waals surface area contributed by atoms with Crippen LogP contribution in [0.5, 0.6) is 0 Å². The van der Waals surface area contributed by atoms with Gasteiger partial charge in [0.1, 0.15) is 0 Å². The fraction of sp³-hybridized carbons (Fsp3) is 0.200. The van der Waals surface area contributed by atoms with Gasteiger partial charge < -0.3 is 16.3 Å². The molecule has 0 saturated heterocycles. The second kappa shape index (κ2) is 6.41. The minimum absolute atomic E-state index is 0.0180. The lowest BCUT2D eigenvalue weighted by molar-refractivity contribution is 0.0940. The molecule has 1 unspecified atom stereocenters. The lowest BCUT2D eigenvalue weighted by atomic mass is 10.1. The fourth-order valence-electron chi connectivity index (χ4n) is 1.89. The molecule has 2 aromatic rings. The lowest BCUT2D eigenvalue weighted by Gasteiger charge is -2.12. The van der Waals surface area contributed by atoms with E-state index in [0.29, 0.717) is 11.1 Å². The maximum Gasteiger partial charge on any atom is 0.251 e. The van der Waals surface area contributed by atoms with Crippen LogP contribution < -0.4 is 11.1 Å². The van der Waals surface area contributed by atoms with E-state index in [0.717, 1.165) is 4.88 Å². The number of carbonyl (C=O) groups excluding carboxylic acids is 1. The number of aryl methyl sites for hydroxylation is 1. The second-order valence-corrected chi connectivity index (χ2v) is 6.03. The largest absolute Gasteiger partial charge is 0.409 e. The summed E-state index contributed by atoms with van der Waals surface area (Å²) in [7, 11) is 0. The van der Waals surface area contributed by atoms with Crippen LogP contribution in [0, 0.1) is 6.92 Å². The number of oxime groups is 1. The van der Waals surface area contributed by atoms with Gasteiger partial charge in [-0.2, -0.15) is 0 Å². The van der Waals surface area contributed by atoms with E-state index in [4.69, 9.17) is 10.9 Å². The summed E-state index contributed by atoms with van der Waals surface area (Å²) in [6.07, 6.45) is 0. The van der Waals surface area contributed by atoms with Crippen molar-refractivity contribution in [3.63, 3.8) is 0 Å². The zero-order valence-electron chi connectivity index (χ0n) is 11.8. The van der Waals surface area contributed by atoms with Gasteiger partial charge in [-0.15, -0.1) is 11.3 Å². The van der Waals surface area contributed by atoms with Crippen molar-refractivity contribution in [1.82, 2.24) is 5.32 Å². The first-order valence-electron chi connectivity index (χ1n) is 6.46. The van der Waals surface area contributed by atoms with Crippen molar-refractivity contribution in [1.29, 1.82) is 0 Å². The molecule has 6 heteroatoms. The summed E-state index contributed by atoms with van der Waals surface area (Å²) in [5.41, 5.74) is 6.58. The zero-order valence-corrected chi connectivity index (χ0v) is 12.6. The first-order valence-corrected chi connectivity index (χ1v) is 7.28. The maximum absolute atomic E-state index is 12.2. The first kappa shape index (κ1) is 15.1. The Kier molecular flexibility index (Phi) is 4.59. The maximum atomic E-state index is 12.2. The lowest BCUT2D eigenvalue weighted by Crippen LogP contribution is -2.26. The highest BCUT2D eigenvalue weighted by Crippen LogP contribution is 2.22. The van der Waals surface area contributed by atoms with Crippen molar-refractivity contribution in [2.45, 2.75) is 19.9 Å². The molecule has 0 radical (unpaired) electrons. The van der Waals surface area contributed by atoms with Gasteiger partial charge in [-0.05, 0) is 38.1 Å². The van der Waals surface area contributed by atoms with Gasteiger partial charge in [-0.1, -0.05) is 17.3 Å². The van der Waals surface area contributed by atoms with Gasteiger partial charge in [0.15, 0.2) is 5.84 Å². The van der Waals surface area contributed by atoms with Crippen LogP contribution >= 0.6 is 11.3 Å². The molecule has 0 fully saturated rings. The third-order valence-electron chi connectivity index (χ3n) is 3.09. The molecule has 2 rings (SSSR count). The molecule has 5 nitrogen and oxygen atoms in total. The third kappa shape index (κ3) is 3.61. The van der Waals surface area contributed by atoms with E-state index in [1.165, 1.54) is 4.88 Å². The predicted octanol–water partition coefficient (Wildman–Crippen LogP) is 2.64. The number of carbonyl (C=O) groups is 1. The number of nitrogens with one attached hydrogen (secondary N) is 1. The monoisotopic (exact) mass is 303 g/mol. The Labute approximate surface area is 127 Å². The quantitative estimate of drug-likeness (QED) is 0.351. The zero-order chi connectivity index (χ0) is 15.4. The molecule has 4 N–H and O–H groups in total. The van der Waals surface area contributed by atoms with Crippen LogP contribution in [-0.2, 0) is 0 Å². The van der Waals surface area contributed by atoms with Gasteiger partial charge in [-0.3, -0.25) is 4.79 Å². The second-order valence-electron chi connectivity index (χ2n) is 4.71. The molecule has 1 heterocycles. The van der Waals surface area contributed by atoms with Crippen molar-refractivity contribution < 1.29 is 10.0 Å². The number of amides is 1. The van der Waals surface area contributed by atoms with Crippen LogP contribution in [0.25, 0.3) is 0 Å². The molecule has 1 atom stereocenters. The highest BCUT2D eigenvalue weighted by atomic mass is 32.1. The first-order chi connectivity index (χ1) is 10.0. The number of nitrogens with two attached hydrogens (primary N) is 1. The Morgan fingerprint density at radius 1 is 1.24 bits per heavy atom. The van der Waals surface area contributed by atoms with Crippen LogP contribution in [0.4, 0.5) is 0 Å². The van der Waals surface area contributed by atoms with Gasteiger partial charge in [0.25, 0.3) is 5.91 Å². The van der Waals surface area contributed by atoms with E-state index >= 15 is 0 Å². The van der Waals surface area contributed by atoms with Crippen LogP contribution in [0.2, 0.25) is 0 Å². The molecule has 1 amide bonds. The highest BCUT2D eigenvalue weighted by Gasteiger charge is 2.13. The van der Waals surface area contributed by atoms with Crippen LogP contribution in [0.1, 0.15) is 38.6 Å². The van der Waals surface area contributed by atoms with Crippen molar-refractivity contribution in [2.24, 2.45) is 10.9 Å². The van der Waals surface area contributed by atoms with Crippen molar-refractivity contribution in [3.8, 4) is 0 Å². The van der Waals surface area contributed by atoms with Crippen LogP contribution in [0.3, 0.4) is 0 Å². The molecule has 0 aliphatic carbocycles. The standard InChI is InChI=1S/C15H17N3O2S/c1-9-3-8-13(21-9)10(2)17-15(19)12-6-4-11(5-7-12)14(16)18-20/h3-8,10,20H,1-2H3,(H2,16,18)(H,17,19). The molecule has 110 valence electrons.